The van der Waals surface area contributed by atoms with E-state index in [1.165, 1.54) is 29.3 Å². The van der Waals surface area contributed by atoms with Crippen molar-refractivity contribution >= 4 is 39.4 Å². The molecule has 2 aromatic heterocycles. The Bertz CT molecular complexity index is 509. The number of thioether (sulfide) groups is 1. The zero-order chi connectivity index (χ0) is 11.5. The average molecular weight is 274 g/mol. The fraction of sp³-hybridized carbons (Fsp3) is 0.286. The van der Waals surface area contributed by atoms with Gasteiger partial charge in [0, 0.05) is 0 Å². The largest absolute Gasteiger partial charge is 0.343 e. The van der Waals surface area contributed by atoms with Crippen LogP contribution >= 0.6 is 34.4 Å². The highest BCUT2D eigenvalue weighted by atomic mass is 32.2. The molecule has 0 spiro atoms. The predicted molar refractivity (Wildman–Crippen MR) is 63.3 cm³/mol. The Morgan fingerprint density at radius 3 is 2.81 bits per heavy atom. The molecule has 0 unspecified atom stereocenters. The normalized spacial score (nSPS) is 10.6. The van der Waals surface area contributed by atoms with Gasteiger partial charge in [-0.05, 0) is 17.6 Å². The first-order chi connectivity index (χ1) is 7.69. The Labute approximate surface area is 103 Å². The Morgan fingerprint density at radius 1 is 1.44 bits per heavy atom. The summed E-state index contributed by atoms with van der Waals surface area (Å²) in [5.41, 5.74) is 0. The van der Waals surface area contributed by atoms with Gasteiger partial charge in [0.15, 0.2) is 4.34 Å². The van der Waals surface area contributed by atoms with Gasteiger partial charge in [-0.2, -0.15) is 0 Å². The summed E-state index contributed by atoms with van der Waals surface area (Å²) in [5.74, 6) is 0. The summed E-state index contributed by atoms with van der Waals surface area (Å²) in [5, 5.41) is 20.0. The lowest BCUT2D eigenvalue weighted by atomic mass is 10.5. The summed E-state index contributed by atoms with van der Waals surface area (Å²) < 4.78 is 0.890. The van der Waals surface area contributed by atoms with Crippen LogP contribution in [0.3, 0.4) is 0 Å². The van der Waals surface area contributed by atoms with Gasteiger partial charge in [-0.3, -0.25) is 10.1 Å². The Kier molecular flexibility index (Phi) is 3.46. The van der Waals surface area contributed by atoms with Crippen LogP contribution in [0.2, 0.25) is 0 Å². The number of nitrogens with zero attached hydrogens (tertiary/aromatic N) is 4. The lowest BCUT2D eigenvalue weighted by molar-refractivity contribution is -0.380. The summed E-state index contributed by atoms with van der Waals surface area (Å²) >= 11 is 4.09. The van der Waals surface area contributed by atoms with E-state index in [0.29, 0.717) is 11.4 Å². The predicted octanol–water partition coefficient (Wildman–Crippen LogP) is 2.22. The molecule has 0 saturated carbocycles. The molecule has 0 aliphatic rings. The molecule has 9 heteroatoms. The zero-order valence-corrected chi connectivity index (χ0v) is 10.6. The van der Waals surface area contributed by atoms with E-state index in [2.05, 4.69) is 15.2 Å². The molecule has 2 aromatic rings. The minimum Gasteiger partial charge on any atom is -0.257 e. The third kappa shape index (κ3) is 2.54. The van der Waals surface area contributed by atoms with Gasteiger partial charge in [-0.15, -0.1) is 10.2 Å². The maximum Gasteiger partial charge on any atom is 0.343 e. The summed E-state index contributed by atoms with van der Waals surface area (Å²) in [6.07, 6.45) is 3.71. The fourth-order valence-electron chi connectivity index (χ4n) is 0.988. The molecular formula is C7H6N4O2S3. The molecule has 0 amide bonds. The topological polar surface area (TPSA) is 81.8 Å². The minimum atomic E-state index is -0.436. The maximum atomic E-state index is 10.5. The van der Waals surface area contributed by atoms with Crippen LogP contribution in [0.4, 0.5) is 5.00 Å². The van der Waals surface area contributed by atoms with Crippen molar-refractivity contribution in [1.82, 2.24) is 15.2 Å². The van der Waals surface area contributed by atoms with Crippen LogP contribution in [-0.4, -0.2) is 26.4 Å². The monoisotopic (exact) mass is 274 g/mol. The molecular weight excluding hydrogens is 268 g/mol. The lowest BCUT2D eigenvalue weighted by Crippen LogP contribution is -1.84. The molecule has 2 rings (SSSR count). The average Bonchev–Trinajstić information content (AvgIpc) is 2.87. The summed E-state index contributed by atoms with van der Waals surface area (Å²) in [6, 6.07) is 0. The quantitative estimate of drug-likeness (QED) is 0.483. The highest BCUT2D eigenvalue weighted by Gasteiger charge is 2.13. The number of hydrogen-bond acceptors (Lipinski definition) is 8. The van der Waals surface area contributed by atoms with Crippen molar-refractivity contribution in [3.63, 3.8) is 0 Å². The van der Waals surface area contributed by atoms with Gasteiger partial charge in [0.25, 0.3) is 0 Å². The smallest absolute Gasteiger partial charge is 0.257 e. The van der Waals surface area contributed by atoms with Gasteiger partial charge in [-0.25, -0.2) is 4.98 Å². The highest BCUT2D eigenvalue weighted by molar-refractivity contribution is 8.00. The van der Waals surface area contributed by atoms with Gasteiger partial charge in [0.05, 0.1) is 11.3 Å². The van der Waals surface area contributed by atoms with Crippen molar-refractivity contribution in [1.29, 1.82) is 0 Å². The summed E-state index contributed by atoms with van der Waals surface area (Å²) in [4.78, 5) is 14.0. The van der Waals surface area contributed by atoms with E-state index in [1.54, 1.807) is 0 Å². The second-order valence-electron chi connectivity index (χ2n) is 2.69. The highest BCUT2D eigenvalue weighted by Crippen LogP contribution is 2.26. The van der Waals surface area contributed by atoms with Crippen molar-refractivity contribution in [2.75, 3.05) is 6.26 Å². The first kappa shape index (κ1) is 11.4. The van der Waals surface area contributed by atoms with Crippen LogP contribution in [0.1, 0.15) is 10.0 Å². The van der Waals surface area contributed by atoms with Gasteiger partial charge in [0.2, 0.25) is 0 Å². The summed E-state index contributed by atoms with van der Waals surface area (Å²) in [6.45, 7) is 0. The van der Waals surface area contributed by atoms with E-state index in [0.717, 1.165) is 20.7 Å². The van der Waals surface area contributed by atoms with Crippen LogP contribution in [0.5, 0.6) is 0 Å². The van der Waals surface area contributed by atoms with Crippen molar-refractivity contribution in [3.05, 3.63) is 26.3 Å². The van der Waals surface area contributed by atoms with E-state index >= 15 is 0 Å². The van der Waals surface area contributed by atoms with Crippen LogP contribution in [0.25, 0.3) is 0 Å². The third-order valence-electron chi connectivity index (χ3n) is 1.65. The molecule has 84 valence electrons. The molecule has 0 N–H and O–H groups in total. The van der Waals surface area contributed by atoms with Crippen molar-refractivity contribution < 1.29 is 4.92 Å². The second-order valence-corrected chi connectivity index (χ2v) is 5.90. The van der Waals surface area contributed by atoms with Crippen molar-refractivity contribution in [2.24, 2.45) is 0 Å². The minimum absolute atomic E-state index is 0.0598. The molecule has 0 fully saturated rings. The standard InChI is InChI=1S/C7H6N4O2S3/c1-14-7-10-9-5(16-7)2-4-8-3-6(15-4)11(12)13/h3H,2H2,1H3. The van der Waals surface area contributed by atoms with Crippen LogP contribution in [0.15, 0.2) is 10.5 Å². The molecule has 0 aliphatic heterocycles. The first-order valence-corrected chi connectivity index (χ1v) is 7.00. The molecule has 16 heavy (non-hydrogen) atoms. The third-order valence-corrected chi connectivity index (χ3v) is 4.49. The Hall–Kier alpha value is -1.06. The van der Waals surface area contributed by atoms with Crippen molar-refractivity contribution in [2.45, 2.75) is 10.8 Å². The molecule has 6 nitrogen and oxygen atoms in total. The van der Waals surface area contributed by atoms with Gasteiger partial charge >= 0.3 is 5.00 Å². The SMILES string of the molecule is CSc1nnc(Cc2ncc([N+](=O)[O-])s2)s1. The number of rotatable bonds is 4. The molecule has 2 heterocycles. The second kappa shape index (κ2) is 4.85. The van der Waals surface area contributed by atoms with Gasteiger partial charge in [0.1, 0.15) is 16.2 Å². The number of aromatic nitrogens is 3. The van der Waals surface area contributed by atoms with E-state index in [1.807, 2.05) is 6.26 Å². The lowest BCUT2D eigenvalue weighted by Gasteiger charge is -1.86. The molecule has 0 bridgehead atoms. The van der Waals surface area contributed by atoms with E-state index in [-0.39, 0.29) is 5.00 Å². The Balaban J connectivity index is 2.11. The maximum absolute atomic E-state index is 10.5. The molecule has 0 atom stereocenters. The molecule has 0 saturated heterocycles. The molecule has 0 aliphatic carbocycles. The van der Waals surface area contributed by atoms with E-state index < -0.39 is 4.92 Å². The molecule has 0 aromatic carbocycles. The van der Waals surface area contributed by atoms with Gasteiger partial charge in [-0.1, -0.05) is 23.1 Å². The van der Waals surface area contributed by atoms with Crippen molar-refractivity contribution in [3.8, 4) is 0 Å². The van der Waals surface area contributed by atoms with Crippen LogP contribution < -0.4 is 0 Å². The number of nitro groups is 1. The number of thiazole rings is 1. The summed E-state index contributed by atoms with van der Waals surface area (Å²) in [7, 11) is 0. The zero-order valence-electron chi connectivity index (χ0n) is 8.11. The van der Waals surface area contributed by atoms with E-state index in [9.17, 15) is 10.1 Å². The molecule has 0 radical (unpaired) electrons. The Morgan fingerprint density at radius 2 is 2.25 bits per heavy atom. The van der Waals surface area contributed by atoms with Crippen LogP contribution in [-0.2, 0) is 6.42 Å². The van der Waals surface area contributed by atoms with Gasteiger partial charge < -0.3 is 0 Å². The fourth-order valence-corrected chi connectivity index (χ4v) is 3.13. The van der Waals surface area contributed by atoms with Crippen LogP contribution in [0, 0.1) is 10.1 Å². The van der Waals surface area contributed by atoms with E-state index in [4.69, 9.17) is 0 Å². The first-order valence-electron chi connectivity index (χ1n) is 4.14. The number of hydrogen-bond donors (Lipinski definition) is 0.